The number of hydrogen-bond donors (Lipinski definition) is 3. The number of amidine groups is 2. The summed E-state index contributed by atoms with van der Waals surface area (Å²) in [6.07, 6.45) is 0.519. The van der Waals surface area contributed by atoms with Crippen LogP contribution in [0.15, 0.2) is 166 Å². The van der Waals surface area contributed by atoms with E-state index in [0.29, 0.717) is 42.2 Å². The summed E-state index contributed by atoms with van der Waals surface area (Å²) in [6.45, 7) is 2.28. The Hall–Kier alpha value is -4.32. The number of nitrogens with one attached hydrogen (secondary N) is 3. The number of benzene rings is 5. The molecule has 0 saturated carbocycles. The molecule has 3 N–H and O–H groups in total. The maximum absolute atomic E-state index is 11.6. The Labute approximate surface area is 349 Å². The average molecular weight is 888 g/mol. The molecule has 1 amide bonds. The minimum absolute atomic E-state index is 0. The summed E-state index contributed by atoms with van der Waals surface area (Å²) in [7, 11) is -0.456. The zero-order chi connectivity index (χ0) is 36.6. The van der Waals surface area contributed by atoms with Crippen molar-refractivity contribution >= 4 is 81.8 Å². The fourth-order valence-electron chi connectivity index (χ4n) is 5.42. The van der Waals surface area contributed by atoms with E-state index in [1.807, 2.05) is 60.7 Å². The van der Waals surface area contributed by atoms with E-state index >= 15 is 0 Å². The van der Waals surface area contributed by atoms with Crippen molar-refractivity contribution < 1.29 is 43.6 Å². The van der Waals surface area contributed by atoms with Crippen LogP contribution in [-0.2, 0) is 51.9 Å². The molecule has 9 nitrogen and oxygen atoms in total. The molecule has 281 valence electrons. The predicted molar refractivity (Wildman–Crippen MR) is 223 cm³/mol. The summed E-state index contributed by atoms with van der Waals surface area (Å²) in [6, 6.07) is 48.5. The monoisotopic (exact) mass is 886 g/mol. The number of anilines is 1. The zero-order valence-electron chi connectivity index (χ0n) is 29.5. The van der Waals surface area contributed by atoms with Crippen molar-refractivity contribution in [3.8, 4) is 0 Å². The van der Waals surface area contributed by atoms with E-state index < -0.39 is 7.26 Å². The molecule has 0 unspecified atom stereocenters. The van der Waals surface area contributed by atoms with Gasteiger partial charge in [0.25, 0.3) is 0 Å². The second kappa shape index (κ2) is 22.8. The van der Waals surface area contributed by atoms with Crippen molar-refractivity contribution in [3.63, 3.8) is 0 Å². The normalized spacial score (nSPS) is 12.2. The Morgan fingerprint density at radius 2 is 1.06 bits per heavy atom. The van der Waals surface area contributed by atoms with E-state index in [0.717, 1.165) is 5.56 Å². The Bertz CT molecular complexity index is 1930. The fourth-order valence-corrected chi connectivity index (χ4v) is 9.39. The van der Waals surface area contributed by atoms with Gasteiger partial charge in [-0.15, -0.1) is 10.2 Å². The maximum Gasteiger partial charge on any atom is 2.00 e. The second-order valence-electron chi connectivity index (χ2n) is 11.4. The average Bonchev–Trinajstić information content (AvgIpc) is 3.19. The topological polar surface area (TPSA) is 112 Å². The van der Waals surface area contributed by atoms with E-state index in [1.54, 1.807) is 19.2 Å². The van der Waals surface area contributed by atoms with Crippen LogP contribution in [0, 0.1) is 0 Å². The Kier molecular flexibility index (Phi) is 18.6. The van der Waals surface area contributed by atoms with E-state index in [2.05, 4.69) is 109 Å². The molecule has 5 rings (SSSR count). The molecule has 5 aromatic carbocycles. The van der Waals surface area contributed by atoms with Crippen LogP contribution in [0.25, 0.3) is 0 Å². The molecule has 0 spiro atoms. The Morgan fingerprint density at radius 1 is 0.630 bits per heavy atom. The Balaban J connectivity index is 0.00000392. The van der Waals surface area contributed by atoms with E-state index in [4.69, 9.17) is 30.0 Å². The first-order chi connectivity index (χ1) is 25.4. The van der Waals surface area contributed by atoms with Crippen LogP contribution in [0.5, 0.6) is 0 Å². The molecule has 0 aliphatic heterocycles. The first-order valence-electron chi connectivity index (χ1n) is 16.5. The summed E-state index contributed by atoms with van der Waals surface area (Å²) in [5, 5.41) is 30.5. The van der Waals surface area contributed by atoms with Crippen LogP contribution in [-0.4, -0.2) is 54.2 Å². The molecule has 0 atom stereocenters. The van der Waals surface area contributed by atoms with Gasteiger partial charge in [0.15, 0.2) is 6.35 Å². The first kappa shape index (κ1) is 44.1. The molecule has 0 aromatic heterocycles. The van der Waals surface area contributed by atoms with Gasteiger partial charge in [0.2, 0.25) is 5.91 Å². The summed E-state index contributed by atoms with van der Waals surface area (Å²) >= 11 is 10.8. The smallest absolute Gasteiger partial charge is 1.00 e. The minimum Gasteiger partial charge on any atom is -1.00 e. The molecule has 0 aliphatic rings. The molecular formula is C40H39BrCuN7O2PS2. The molecule has 0 saturated heterocycles. The standard InChI is InChI=1S/C40H40N7O2PS2.BrH.Cu/c1-30(48)43-33-25-23-32(24-26-33)38(44-46-39(51)41-2)37(31-15-7-3-8-16-31)45-47-40(52)42-27-28-49-29-50(34-17-9-4-10-18-34,35-19-11-5-12-20-35)36-21-13-6-14-22-36;;/h3-26H,27-29H2,1-2H3,(H4-,41,42,43,44,45,46,47,48,51,52);1H;/q;;+2/p-2. The number of halogens is 1. The van der Waals surface area contributed by atoms with Crippen molar-refractivity contribution in [1.29, 1.82) is 0 Å². The summed E-state index contributed by atoms with van der Waals surface area (Å²) in [5.74, 6) is -0.169. The van der Waals surface area contributed by atoms with Gasteiger partial charge in [0.05, 0.1) is 6.61 Å². The third-order valence-corrected chi connectivity index (χ3v) is 12.5. The first-order valence-corrected chi connectivity index (χ1v) is 19.3. The largest absolute Gasteiger partial charge is 2.00 e. The summed E-state index contributed by atoms with van der Waals surface area (Å²) < 4.78 is 6.48. The van der Waals surface area contributed by atoms with Crippen molar-refractivity contribution in [3.05, 3.63) is 157 Å². The summed E-state index contributed by atoms with van der Waals surface area (Å²) in [4.78, 5) is 11.6. The van der Waals surface area contributed by atoms with Crippen LogP contribution in [0.4, 0.5) is 5.69 Å². The van der Waals surface area contributed by atoms with Crippen LogP contribution in [0.2, 0.25) is 0 Å². The number of rotatable bonds is 14. The van der Waals surface area contributed by atoms with Crippen LogP contribution < -0.4 is 48.8 Å². The zero-order valence-corrected chi connectivity index (χ0v) is 34.6. The van der Waals surface area contributed by atoms with Gasteiger partial charge in [-0.05, 0) is 58.9 Å². The van der Waals surface area contributed by atoms with Gasteiger partial charge in [-0.2, -0.15) is 10.2 Å². The number of carbonyl (C=O) groups is 1. The quantitative estimate of drug-likeness (QED) is 0.0301. The predicted octanol–water partition coefficient (Wildman–Crippen LogP) is 2.34. The van der Waals surface area contributed by atoms with E-state index in [9.17, 15) is 4.79 Å². The van der Waals surface area contributed by atoms with Crippen LogP contribution in [0.1, 0.15) is 18.1 Å². The van der Waals surface area contributed by atoms with Gasteiger partial charge in [-0.1, -0.05) is 97.1 Å². The van der Waals surface area contributed by atoms with E-state index in [-0.39, 0.29) is 50.3 Å². The van der Waals surface area contributed by atoms with Gasteiger partial charge >= 0.3 is 17.1 Å². The third-order valence-electron chi connectivity index (χ3n) is 7.84. The minimum atomic E-state index is -2.13. The second-order valence-corrected chi connectivity index (χ2v) is 15.6. The number of amides is 1. The molecule has 14 heteroatoms. The van der Waals surface area contributed by atoms with Crippen molar-refractivity contribution in [2.24, 2.45) is 20.4 Å². The third kappa shape index (κ3) is 12.1. The maximum atomic E-state index is 11.6. The number of nitrogens with zero attached hydrogens (tertiary/aromatic N) is 4. The van der Waals surface area contributed by atoms with Crippen LogP contribution in [0.3, 0.4) is 0 Å². The molecular weight excluding hydrogens is 849 g/mol. The molecule has 0 fully saturated rings. The molecule has 0 heterocycles. The van der Waals surface area contributed by atoms with Crippen LogP contribution >= 0.6 is 7.26 Å². The van der Waals surface area contributed by atoms with Crippen molar-refractivity contribution in [2.45, 2.75) is 6.92 Å². The Morgan fingerprint density at radius 3 is 1.50 bits per heavy atom. The number of hydrogen-bond acceptors (Lipinski definition) is 8. The van der Waals surface area contributed by atoms with Gasteiger partial charge in [0, 0.05) is 37.3 Å². The number of ether oxygens (including phenoxy) is 1. The van der Waals surface area contributed by atoms with Gasteiger partial charge in [-0.3, -0.25) is 4.79 Å². The SMILES string of the molecule is CNC([S-])=NN=C(C(=NN=C([S-])NCCOC[P+](c1ccccc1)(c1ccccc1)c1ccccc1)c1ccccc1)c1ccc(NC(C)=O)cc1.[Br-].[Cu+2]. The van der Waals surface area contributed by atoms with Gasteiger partial charge in [0.1, 0.15) is 34.6 Å². The number of carbonyl (C=O) groups excluding carboxylic acids is 1. The van der Waals surface area contributed by atoms with E-state index in [1.165, 1.54) is 22.8 Å². The molecule has 1 radical (unpaired) electrons. The van der Waals surface area contributed by atoms with Gasteiger partial charge < -0.3 is 62.9 Å². The summed E-state index contributed by atoms with van der Waals surface area (Å²) in [5.41, 5.74) is 2.92. The molecule has 5 aromatic rings. The van der Waals surface area contributed by atoms with Crippen molar-refractivity contribution in [2.75, 3.05) is 31.9 Å². The fraction of sp³-hybridized carbons (Fsp3) is 0.125. The molecule has 54 heavy (non-hydrogen) atoms. The van der Waals surface area contributed by atoms with Gasteiger partial charge in [-0.25, -0.2) is 0 Å². The molecule has 0 bridgehead atoms. The van der Waals surface area contributed by atoms with Crippen molar-refractivity contribution in [1.82, 2.24) is 10.6 Å². The molecule has 0 aliphatic carbocycles.